The molecule has 0 radical (unpaired) electrons. The van der Waals surface area contributed by atoms with Crippen molar-refractivity contribution in [1.82, 2.24) is 9.97 Å². The SMILES string of the molecule is CNc1ccnc(-c2ccco2)n1. The first kappa shape index (κ1) is 7.79. The van der Waals surface area contributed by atoms with E-state index in [-0.39, 0.29) is 0 Å². The van der Waals surface area contributed by atoms with Crippen molar-refractivity contribution in [3.63, 3.8) is 0 Å². The van der Waals surface area contributed by atoms with E-state index < -0.39 is 0 Å². The summed E-state index contributed by atoms with van der Waals surface area (Å²) in [7, 11) is 1.81. The van der Waals surface area contributed by atoms with E-state index in [0.29, 0.717) is 11.6 Å². The molecule has 0 aliphatic carbocycles. The Bertz CT molecular complexity index is 384. The predicted octanol–water partition coefficient (Wildman–Crippen LogP) is 1.78. The van der Waals surface area contributed by atoms with Gasteiger partial charge in [-0.25, -0.2) is 9.97 Å². The van der Waals surface area contributed by atoms with Gasteiger partial charge in [-0.05, 0) is 18.2 Å². The first-order valence-electron chi connectivity index (χ1n) is 3.95. The molecule has 0 aliphatic heterocycles. The maximum atomic E-state index is 5.17. The number of anilines is 1. The maximum Gasteiger partial charge on any atom is 0.197 e. The average Bonchev–Trinajstić information content (AvgIpc) is 2.71. The highest BCUT2D eigenvalue weighted by atomic mass is 16.3. The topological polar surface area (TPSA) is 51.0 Å². The van der Waals surface area contributed by atoms with Crippen LogP contribution in [-0.4, -0.2) is 17.0 Å². The zero-order valence-electron chi connectivity index (χ0n) is 7.19. The minimum atomic E-state index is 0.594. The lowest BCUT2D eigenvalue weighted by Crippen LogP contribution is -1.94. The molecule has 66 valence electrons. The summed E-state index contributed by atoms with van der Waals surface area (Å²) in [6.07, 6.45) is 3.29. The summed E-state index contributed by atoms with van der Waals surface area (Å²) >= 11 is 0. The van der Waals surface area contributed by atoms with Crippen LogP contribution in [-0.2, 0) is 0 Å². The first-order valence-corrected chi connectivity index (χ1v) is 3.95. The Morgan fingerprint density at radius 1 is 1.38 bits per heavy atom. The van der Waals surface area contributed by atoms with E-state index in [2.05, 4.69) is 15.3 Å². The van der Waals surface area contributed by atoms with Crippen molar-refractivity contribution in [3.8, 4) is 11.6 Å². The fourth-order valence-electron chi connectivity index (χ4n) is 1.02. The second-order valence-corrected chi connectivity index (χ2v) is 2.49. The molecule has 0 unspecified atom stereocenters. The van der Waals surface area contributed by atoms with Crippen LogP contribution >= 0.6 is 0 Å². The predicted molar refractivity (Wildman–Crippen MR) is 49.3 cm³/mol. The molecule has 4 heteroatoms. The van der Waals surface area contributed by atoms with Crippen LogP contribution in [0.5, 0.6) is 0 Å². The van der Waals surface area contributed by atoms with Crippen LogP contribution in [0.4, 0.5) is 5.82 Å². The number of hydrogen-bond acceptors (Lipinski definition) is 4. The molecule has 13 heavy (non-hydrogen) atoms. The highest BCUT2D eigenvalue weighted by Gasteiger charge is 2.03. The van der Waals surface area contributed by atoms with E-state index in [1.807, 2.05) is 19.2 Å². The van der Waals surface area contributed by atoms with Crippen molar-refractivity contribution in [2.45, 2.75) is 0 Å². The van der Waals surface area contributed by atoms with Crippen LogP contribution < -0.4 is 5.32 Å². The zero-order chi connectivity index (χ0) is 9.10. The lowest BCUT2D eigenvalue weighted by Gasteiger charge is -1.99. The van der Waals surface area contributed by atoms with E-state index in [4.69, 9.17) is 4.42 Å². The maximum absolute atomic E-state index is 5.17. The van der Waals surface area contributed by atoms with Gasteiger partial charge in [0.2, 0.25) is 0 Å². The first-order chi connectivity index (χ1) is 6.40. The van der Waals surface area contributed by atoms with Crippen molar-refractivity contribution in [2.75, 3.05) is 12.4 Å². The van der Waals surface area contributed by atoms with E-state index in [0.717, 1.165) is 5.82 Å². The largest absolute Gasteiger partial charge is 0.461 e. The molecular weight excluding hydrogens is 166 g/mol. The number of hydrogen-bond donors (Lipinski definition) is 1. The standard InChI is InChI=1S/C9H9N3O/c1-10-8-4-5-11-9(12-8)7-3-2-6-13-7/h2-6H,1H3,(H,10,11,12). The van der Waals surface area contributed by atoms with E-state index in [1.54, 1.807) is 18.5 Å². The second kappa shape index (κ2) is 3.26. The Labute approximate surface area is 75.6 Å². The smallest absolute Gasteiger partial charge is 0.197 e. The van der Waals surface area contributed by atoms with Gasteiger partial charge >= 0.3 is 0 Å². The summed E-state index contributed by atoms with van der Waals surface area (Å²) in [4.78, 5) is 8.30. The van der Waals surface area contributed by atoms with Gasteiger partial charge in [-0.3, -0.25) is 0 Å². The van der Waals surface area contributed by atoms with Gasteiger partial charge in [0.25, 0.3) is 0 Å². The van der Waals surface area contributed by atoms with Crippen LogP contribution in [0.1, 0.15) is 0 Å². The minimum absolute atomic E-state index is 0.594. The molecule has 1 N–H and O–H groups in total. The van der Waals surface area contributed by atoms with Crippen LogP contribution in [0.3, 0.4) is 0 Å². The van der Waals surface area contributed by atoms with Gasteiger partial charge in [-0.2, -0.15) is 0 Å². The molecule has 0 bridgehead atoms. The third-order valence-corrected chi connectivity index (χ3v) is 1.65. The monoisotopic (exact) mass is 175 g/mol. The molecule has 0 saturated heterocycles. The lowest BCUT2D eigenvalue weighted by atomic mass is 10.4. The molecule has 0 aliphatic rings. The summed E-state index contributed by atoms with van der Waals surface area (Å²) in [5.41, 5.74) is 0. The zero-order valence-corrected chi connectivity index (χ0v) is 7.19. The fraction of sp³-hybridized carbons (Fsp3) is 0.111. The number of rotatable bonds is 2. The summed E-state index contributed by atoms with van der Waals surface area (Å²) in [6.45, 7) is 0. The highest BCUT2D eigenvalue weighted by Crippen LogP contribution is 2.15. The van der Waals surface area contributed by atoms with Gasteiger partial charge in [0.1, 0.15) is 5.82 Å². The molecule has 2 aromatic heterocycles. The Morgan fingerprint density at radius 2 is 2.31 bits per heavy atom. The van der Waals surface area contributed by atoms with E-state index in [9.17, 15) is 0 Å². The van der Waals surface area contributed by atoms with Crippen LogP contribution in [0.15, 0.2) is 35.1 Å². The number of aromatic nitrogens is 2. The van der Waals surface area contributed by atoms with E-state index in [1.165, 1.54) is 0 Å². The summed E-state index contributed by atoms with van der Waals surface area (Å²) in [5, 5.41) is 2.94. The number of nitrogens with one attached hydrogen (secondary N) is 1. The van der Waals surface area contributed by atoms with Gasteiger partial charge in [0.05, 0.1) is 6.26 Å². The Balaban J connectivity index is 2.41. The summed E-state index contributed by atoms with van der Waals surface area (Å²) in [6, 6.07) is 5.44. The minimum Gasteiger partial charge on any atom is -0.461 e. The van der Waals surface area contributed by atoms with Gasteiger partial charge in [0.15, 0.2) is 11.6 Å². The van der Waals surface area contributed by atoms with Crippen LogP contribution in [0.25, 0.3) is 11.6 Å². The normalized spacial score (nSPS) is 9.92. The van der Waals surface area contributed by atoms with Gasteiger partial charge < -0.3 is 9.73 Å². The fourth-order valence-corrected chi connectivity index (χ4v) is 1.02. The second-order valence-electron chi connectivity index (χ2n) is 2.49. The van der Waals surface area contributed by atoms with Gasteiger partial charge in [-0.15, -0.1) is 0 Å². The van der Waals surface area contributed by atoms with Crippen molar-refractivity contribution < 1.29 is 4.42 Å². The Morgan fingerprint density at radius 3 is 3.00 bits per heavy atom. The molecule has 0 fully saturated rings. The van der Waals surface area contributed by atoms with Crippen molar-refractivity contribution in [1.29, 1.82) is 0 Å². The molecule has 4 nitrogen and oxygen atoms in total. The molecule has 2 rings (SSSR count). The van der Waals surface area contributed by atoms with Crippen LogP contribution in [0, 0.1) is 0 Å². The number of furan rings is 1. The Kier molecular flexibility index (Phi) is 1.96. The summed E-state index contributed by atoms with van der Waals surface area (Å²) in [5.74, 6) is 2.05. The Hall–Kier alpha value is -1.84. The van der Waals surface area contributed by atoms with Gasteiger partial charge in [0, 0.05) is 13.2 Å². The molecule has 0 amide bonds. The van der Waals surface area contributed by atoms with E-state index >= 15 is 0 Å². The summed E-state index contributed by atoms with van der Waals surface area (Å²) < 4.78 is 5.17. The van der Waals surface area contributed by atoms with Crippen molar-refractivity contribution in [3.05, 3.63) is 30.7 Å². The third-order valence-electron chi connectivity index (χ3n) is 1.65. The average molecular weight is 175 g/mol. The molecule has 2 heterocycles. The molecular formula is C9H9N3O. The highest BCUT2D eigenvalue weighted by molar-refractivity contribution is 5.49. The molecule has 0 saturated carbocycles. The number of nitrogens with zero attached hydrogens (tertiary/aromatic N) is 2. The molecule has 0 atom stereocenters. The van der Waals surface area contributed by atoms with Gasteiger partial charge in [-0.1, -0.05) is 0 Å². The van der Waals surface area contributed by atoms with Crippen molar-refractivity contribution >= 4 is 5.82 Å². The van der Waals surface area contributed by atoms with Crippen molar-refractivity contribution in [2.24, 2.45) is 0 Å². The quantitative estimate of drug-likeness (QED) is 0.755. The molecule has 2 aromatic rings. The third kappa shape index (κ3) is 1.51. The molecule has 0 aromatic carbocycles. The molecule has 0 spiro atoms. The lowest BCUT2D eigenvalue weighted by molar-refractivity contribution is 0.577. The van der Waals surface area contributed by atoms with Crippen LogP contribution in [0.2, 0.25) is 0 Å².